The number of anilines is 1. The first-order valence-corrected chi connectivity index (χ1v) is 8.58. The van der Waals surface area contributed by atoms with Gasteiger partial charge in [0.25, 0.3) is 0 Å². The minimum Gasteiger partial charge on any atom is -0.496 e. The summed E-state index contributed by atoms with van der Waals surface area (Å²) in [7, 11) is 1.61. The summed E-state index contributed by atoms with van der Waals surface area (Å²) >= 11 is 0. The molecule has 0 aliphatic rings. The number of nitrogens with one attached hydrogen (secondary N) is 1. The lowest BCUT2D eigenvalue weighted by molar-refractivity contribution is -0.111. The van der Waals surface area contributed by atoms with Crippen LogP contribution in [0.1, 0.15) is 31.7 Å². The number of hydrogen-bond acceptors (Lipinski definition) is 3. The van der Waals surface area contributed by atoms with Gasteiger partial charge in [-0.15, -0.1) is 0 Å². The highest BCUT2D eigenvalue weighted by Crippen LogP contribution is 2.19. The van der Waals surface area contributed by atoms with E-state index in [9.17, 15) is 4.79 Å². The Bertz CT molecular complexity index is 693. The number of unbranched alkanes of at least 4 members (excludes halogenated alkanes) is 2. The Balaban J connectivity index is 1.86. The van der Waals surface area contributed by atoms with E-state index in [4.69, 9.17) is 9.47 Å². The van der Waals surface area contributed by atoms with Gasteiger partial charge in [0.2, 0.25) is 5.91 Å². The van der Waals surface area contributed by atoms with Crippen LogP contribution in [0.3, 0.4) is 0 Å². The van der Waals surface area contributed by atoms with E-state index in [2.05, 4.69) is 12.2 Å². The Morgan fingerprint density at radius 2 is 1.84 bits per heavy atom. The Morgan fingerprint density at radius 3 is 2.56 bits per heavy atom. The van der Waals surface area contributed by atoms with Crippen LogP contribution < -0.4 is 14.8 Å². The predicted octanol–water partition coefficient (Wildman–Crippen LogP) is 4.92. The van der Waals surface area contributed by atoms with Gasteiger partial charge >= 0.3 is 0 Å². The second-order valence-electron chi connectivity index (χ2n) is 5.64. The lowest BCUT2D eigenvalue weighted by Gasteiger charge is -2.07. The van der Waals surface area contributed by atoms with E-state index in [-0.39, 0.29) is 5.91 Å². The number of carbonyl (C=O) groups excluding carboxylic acids is 1. The molecule has 0 aliphatic carbocycles. The molecule has 0 saturated heterocycles. The van der Waals surface area contributed by atoms with Gasteiger partial charge in [0, 0.05) is 17.3 Å². The summed E-state index contributed by atoms with van der Waals surface area (Å²) in [6, 6.07) is 15.0. The first kappa shape index (κ1) is 18.6. The fourth-order valence-corrected chi connectivity index (χ4v) is 2.33. The number of methoxy groups -OCH3 is 1. The van der Waals surface area contributed by atoms with Crippen LogP contribution in [0.25, 0.3) is 6.08 Å². The topological polar surface area (TPSA) is 47.6 Å². The smallest absolute Gasteiger partial charge is 0.248 e. The van der Waals surface area contributed by atoms with Crippen molar-refractivity contribution in [3.63, 3.8) is 0 Å². The highest BCUT2D eigenvalue weighted by molar-refractivity contribution is 6.02. The molecule has 0 spiro atoms. The monoisotopic (exact) mass is 339 g/mol. The Labute approximate surface area is 149 Å². The summed E-state index contributed by atoms with van der Waals surface area (Å²) in [5, 5.41) is 2.83. The first-order chi connectivity index (χ1) is 12.2. The van der Waals surface area contributed by atoms with Crippen LogP contribution in [-0.2, 0) is 4.79 Å². The van der Waals surface area contributed by atoms with E-state index >= 15 is 0 Å². The molecule has 2 aromatic carbocycles. The molecule has 2 rings (SSSR count). The number of hydrogen-bond donors (Lipinski definition) is 1. The molecule has 4 heteroatoms. The largest absolute Gasteiger partial charge is 0.496 e. The van der Waals surface area contributed by atoms with Crippen LogP contribution in [0.5, 0.6) is 11.5 Å². The summed E-state index contributed by atoms with van der Waals surface area (Å²) in [6.45, 7) is 2.89. The van der Waals surface area contributed by atoms with Crippen LogP contribution in [0.4, 0.5) is 5.69 Å². The summed E-state index contributed by atoms with van der Waals surface area (Å²) in [5.74, 6) is 1.36. The summed E-state index contributed by atoms with van der Waals surface area (Å²) in [6.07, 6.45) is 6.64. The third-order valence-electron chi connectivity index (χ3n) is 3.69. The minimum atomic E-state index is -0.192. The van der Waals surface area contributed by atoms with Crippen LogP contribution in [0.15, 0.2) is 54.6 Å². The van der Waals surface area contributed by atoms with Gasteiger partial charge in [-0.05, 0) is 42.8 Å². The zero-order valence-electron chi connectivity index (χ0n) is 14.8. The lowest BCUT2D eigenvalue weighted by Crippen LogP contribution is -2.07. The van der Waals surface area contributed by atoms with E-state index in [1.165, 1.54) is 18.9 Å². The number of rotatable bonds is 9. The lowest BCUT2D eigenvalue weighted by atomic mass is 10.2. The fraction of sp³-hybridized carbons (Fsp3) is 0.286. The van der Waals surface area contributed by atoms with Crippen molar-refractivity contribution in [2.75, 3.05) is 19.0 Å². The summed E-state index contributed by atoms with van der Waals surface area (Å²) < 4.78 is 10.9. The molecule has 0 fully saturated rings. The zero-order valence-corrected chi connectivity index (χ0v) is 14.8. The van der Waals surface area contributed by atoms with E-state index in [0.717, 1.165) is 35.8 Å². The zero-order chi connectivity index (χ0) is 17.9. The van der Waals surface area contributed by atoms with Crippen molar-refractivity contribution < 1.29 is 14.3 Å². The summed E-state index contributed by atoms with van der Waals surface area (Å²) in [5.41, 5.74) is 1.59. The molecule has 0 saturated carbocycles. The molecule has 4 nitrogen and oxygen atoms in total. The number of carbonyl (C=O) groups is 1. The molecule has 2 aromatic rings. The maximum atomic E-state index is 12.0. The Hall–Kier alpha value is -2.75. The van der Waals surface area contributed by atoms with E-state index in [1.807, 2.05) is 48.5 Å². The van der Waals surface area contributed by atoms with Crippen LogP contribution in [0.2, 0.25) is 0 Å². The van der Waals surface area contributed by atoms with Crippen molar-refractivity contribution in [3.05, 3.63) is 60.2 Å². The molecule has 0 heterocycles. The molecule has 0 radical (unpaired) electrons. The second-order valence-corrected chi connectivity index (χ2v) is 5.64. The average molecular weight is 339 g/mol. The number of ether oxygens (including phenoxy) is 2. The number of para-hydroxylation sites is 1. The average Bonchev–Trinajstić information content (AvgIpc) is 2.65. The van der Waals surface area contributed by atoms with Gasteiger partial charge in [0.05, 0.1) is 13.7 Å². The highest BCUT2D eigenvalue weighted by Gasteiger charge is 2.01. The molecule has 25 heavy (non-hydrogen) atoms. The Kier molecular flexibility index (Phi) is 7.57. The first-order valence-electron chi connectivity index (χ1n) is 8.58. The van der Waals surface area contributed by atoms with Gasteiger partial charge in [0.1, 0.15) is 11.5 Å². The van der Waals surface area contributed by atoms with E-state index in [1.54, 1.807) is 13.2 Å². The molecular formula is C21H25NO3. The molecule has 1 amide bonds. The SMILES string of the molecule is CCCCCOc1ccc(NC(=O)C=Cc2ccccc2OC)cc1. The normalized spacial score (nSPS) is 10.6. The van der Waals surface area contributed by atoms with Gasteiger partial charge in [-0.3, -0.25) is 4.79 Å². The molecule has 0 aliphatic heterocycles. The van der Waals surface area contributed by atoms with Crippen molar-refractivity contribution in [3.8, 4) is 11.5 Å². The highest BCUT2D eigenvalue weighted by atomic mass is 16.5. The van der Waals surface area contributed by atoms with Crippen molar-refractivity contribution >= 4 is 17.7 Å². The third-order valence-corrected chi connectivity index (χ3v) is 3.69. The third kappa shape index (κ3) is 6.34. The summed E-state index contributed by atoms with van der Waals surface area (Å²) in [4.78, 5) is 12.0. The van der Waals surface area contributed by atoms with E-state index < -0.39 is 0 Å². The Morgan fingerprint density at radius 1 is 1.08 bits per heavy atom. The molecule has 0 atom stereocenters. The van der Waals surface area contributed by atoms with Gasteiger partial charge in [0.15, 0.2) is 0 Å². The van der Waals surface area contributed by atoms with Gasteiger partial charge in [-0.2, -0.15) is 0 Å². The predicted molar refractivity (Wildman–Crippen MR) is 102 cm³/mol. The molecular weight excluding hydrogens is 314 g/mol. The van der Waals surface area contributed by atoms with Crippen molar-refractivity contribution in [1.82, 2.24) is 0 Å². The second kappa shape index (κ2) is 10.2. The van der Waals surface area contributed by atoms with Crippen LogP contribution in [-0.4, -0.2) is 19.6 Å². The maximum Gasteiger partial charge on any atom is 0.248 e. The fourth-order valence-electron chi connectivity index (χ4n) is 2.33. The standard InChI is InChI=1S/C21H25NO3/c1-3-4-7-16-25-19-13-11-18(12-14-19)22-21(23)15-10-17-8-5-6-9-20(17)24-2/h5-6,8-15H,3-4,7,16H2,1-2H3,(H,22,23). The van der Waals surface area contributed by atoms with Crippen molar-refractivity contribution in [2.45, 2.75) is 26.2 Å². The number of benzene rings is 2. The maximum absolute atomic E-state index is 12.0. The van der Waals surface area contributed by atoms with Crippen LogP contribution >= 0.6 is 0 Å². The number of amides is 1. The van der Waals surface area contributed by atoms with E-state index in [0.29, 0.717) is 0 Å². The van der Waals surface area contributed by atoms with Gasteiger partial charge in [-0.25, -0.2) is 0 Å². The van der Waals surface area contributed by atoms with Gasteiger partial charge < -0.3 is 14.8 Å². The molecule has 0 bridgehead atoms. The molecule has 0 aromatic heterocycles. The quantitative estimate of drug-likeness (QED) is 0.521. The molecule has 132 valence electrons. The molecule has 0 unspecified atom stereocenters. The minimum absolute atomic E-state index is 0.192. The molecule has 1 N–H and O–H groups in total. The van der Waals surface area contributed by atoms with Crippen molar-refractivity contribution in [2.24, 2.45) is 0 Å². The van der Waals surface area contributed by atoms with Crippen LogP contribution in [0, 0.1) is 0 Å². The van der Waals surface area contributed by atoms with Gasteiger partial charge in [-0.1, -0.05) is 38.0 Å². The van der Waals surface area contributed by atoms with Crippen molar-refractivity contribution in [1.29, 1.82) is 0 Å².